The molecule has 0 heterocycles. The highest BCUT2D eigenvalue weighted by Gasteiger charge is 2.13. The van der Waals surface area contributed by atoms with Gasteiger partial charge in [-0.05, 0) is 67.3 Å². The van der Waals surface area contributed by atoms with E-state index in [0.717, 1.165) is 48.1 Å². The second-order valence-electron chi connectivity index (χ2n) is 7.71. The quantitative estimate of drug-likeness (QED) is 0.584. The molecule has 0 saturated carbocycles. The summed E-state index contributed by atoms with van der Waals surface area (Å²) in [7, 11) is 0. The minimum Gasteiger partial charge on any atom is -0.872 e. The zero-order valence-corrected chi connectivity index (χ0v) is 16.6. The van der Waals surface area contributed by atoms with Crippen molar-refractivity contribution in [3.8, 4) is 5.75 Å². The van der Waals surface area contributed by atoms with Crippen LogP contribution >= 0.6 is 0 Å². The van der Waals surface area contributed by atoms with E-state index < -0.39 is 0 Å². The van der Waals surface area contributed by atoms with Crippen LogP contribution < -0.4 is 5.11 Å². The molecule has 4 aliphatic rings. The maximum atomic E-state index is 13.3. The molecule has 142 valence electrons. The third-order valence-electron chi connectivity index (χ3n) is 5.75. The van der Waals surface area contributed by atoms with Crippen LogP contribution in [0.3, 0.4) is 0 Å². The average Bonchev–Trinajstić information content (AvgIpc) is 2.71. The van der Waals surface area contributed by atoms with Crippen LogP contribution in [0.25, 0.3) is 0 Å². The van der Waals surface area contributed by atoms with Crippen molar-refractivity contribution in [2.75, 3.05) is 0 Å². The Morgan fingerprint density at radius 1 is 0.786 bits per heavy atom. The number of aliphatic imine (C=N–C) groups is 1. The molecule has 7 rings (SSSR count). The Morgan fingerprint density at radius 3 is 2.00 bits per heavy atom. The molecule has 1 atom stereocenters. The second-order valence-corrected chi connectivity index (χ2v) is 7.71. The normalized spacial score (nSPS) is 15.1. The van der Waals surface area contributed by atoms with Gasteiger partial charge in [-0.25, -0.2) is 0 Å². The summed E-state index contributed by atoms with van der Waals surface area (Å²) in [6.45, 7) is 4.08. The molecule has 2 heteroatoms. The maximum absolute atomic E-state index is 13.3. The summed E-state index contributed by atoms with van der Waals surface area (Å²) in [5, 5.41) is 13.3. The van der Waals surface area contributed by atoms with E-state index in [2.05, 4.69) is 49.4 Å². The molecule has 0 spiro atoms. The molecule has 0 amide bonds. The molecule has 3 aromatic rings. The van der Waals surface area contributed by atoms with Crippen LogP contribution in [0.15, 0.2) is 71.7 Å². The van der Waals surface area contributed by atoms with Crippen molar-refractivity contribution in [1.82, 2.24) is 0 Å². The number of hydrogen-bond donors (Lipinski definition) is 0. The maximum Gasteiger partial charge on any atom is 0.0724 e. The van der Waals surface area contributed by atoms with Crippen LogP contribution in [0.4, 0.5) is 0 Å². The Balaban J connectivity index is 1.73. The van der Waals surface area contributed by atoms with Gasteiger partial charge in [0.15, 0.2) is 0 Å². The van der Waals surface area contributed by atoms with Crippen molar-refractivity contribution in [2.24, 2.45) is 4.99 Å². The van der Waals surface area contributed by atoms with Gasteiger partial charge in [0.25, 0.3) is 0 Å². The van der Waals surface area contributed by atoms with Gasteiger partial charge in [-0.15, -0.1) is 0 Å². The van der Waals surface area contributed by atoms with E-state index in [4.69, 9.17) is 4.99 Å². The largest absolute Gasteiger partial charge is 0.872 e. The third-order valence-corrected chi connectivity index (χ3v) is 5.75. The number of benzene rings is 3. The molecule has 4 aliphatic carbocycles. The highest BCUT2D eigenvalue weighted by atomic mass is 16.3. The van der Waals surface area contributed by atoms with E-state index in [1.807, 2.05) is 31.2 Å². The Kier molecular flexibility index (Phi) is 5.29. The number of nitrogens with zero attached hydrogens (tertiary/aromatic N) is 1. The van der Waals surface area contributed by atoms with Crippen LogP contribution in [-0.2, 0) is 25.7 Å². The van der Waals surface area contributed by atoms with Crippen molar-refractivity contribution in [3.63, 3.8) is 0 Å². The standard InChI is InChI=1S/C26H27NO/c1-18(22-6-4-3-5-7-22)27-19(2)25-23-14-12-20-8-10-21(11-9-20)13-15-24(17-16-23)26(25)28/h3-11,16-18,28H,12-15H2,1-2H3/p-1/t18-/m0/s1. The van der Waals surface area contributed by atoms with E-state index in [1.54, 1.807) is 0 Å². The van der Waals surface area contributed by atoms with Gasteiger partial charge in [0.2, 0.25) is 0 Å². The Bertz CT molecular complexity index is 987. The van der Waals surface area contributed by atoms with Crippen LogP contribution in [0.1, 0.15) is 53.3 Å². The molecule has 4 bridgehead atoms. The molecule has 0 radical (unpaired) electrons. The van der Waals surface area contributed by atoms with Crippen LogP contribution in [-0.4, -0.2) is 5.71 Å². The van der Waals surface area contributed by atoms with Gasteiger partial charge >= 0.3 is 0 Å². The summed E-state index contributed by atoms with van der Waals surface area (Å²) < 4.78 is 0. The summed E-state index contributed by atoms with van der Waals surface area (Å²) >= 11 is 0. The minimum atomic E-state index is 0.0304. The lowest BCUT2D eigenvalue weighted by molar-refractivity contribution is -0.269. The number of rotatable bonds is 3. The molecule has 3 aromatic carbocycles. The van der Waals surface area contributed by atoms with Gasteiger partial charge in [0, 0.05) is 5.71 Å². The average molecular weight is 369 g/mol. The summed E-state index contributed by atoms with van der Waals surface area (Å²) in [5.74, 6) is 0.161. The predicted molar refractivity (Wildman–Crippen MR) is 114 cm³/mol. The van der Waals surface area contributed by atoms with Gasteiger partial charge in [-0.3, -0.25) is 4.99 Å². The SMILES string of the molecule is CC(=N[C@@H](C)c1ccccc1)c1c2ccc(c1[O-])CCc1ccc(cc1)CC2. The molecule has 0 N–H and O–H groups in total. The highest BCUT2D eigenvalue weighted by molar-refractivity contribution is 6.02. The molecule has 0 aromatic heterocycles. The Morgan fingerprint density at radius 2 is 1.36 bits per heavy atom. The Labute approximate surface area is 167 Å². The van der Waals surface area contributed by atoms with E-state index in [0.29, 0.717) is 0 Å². The summed E-state index contributed by atoms with van der Waals surface area (Å²) in [6, 6.07) is 23.3. The van der Waals surface area contributed by atoms with E-state index >= 15 is 0 Å². The van der Waals surface area contributed by atoms with Gasteiger partial charge in [0.05, 0.1) is 6.04 Å². The molecule has 0 fully saturated rings. The smallest absolute Gasteiger partial charge is 0.0724 e. The van der Waals surface area contributed by atoms with E-state index in [-0.39, 0.29) is 11.8 Å². The zero-order valence-electron chi connectivity index (χ0n) is 16.6. The lowest BCUT2D eigenvalue weighted by Crippen LogP contribution is -2.12. The summed E-state index contributed by atoms with van der Waals surface area (Å²) in [6.07, 6.45) is 3.46. The van der Waals surface area contributed by atoms with Crippen molar-refractivity contribution in [1.29, 1.82) is 0 Å². The fourth-order valence-corrected chi connectivity index (χ4v) is 4.06. The van der Waals surface area contributed by atoms with Crippen LogP contribution in [0.2, 0.25) is 0 Å². The molecule has 0 saturated heterocycles. The fraction of sp³-hybridized carbons (Fsp3) is 0.269. The summed E-state index contributed by atoms with van der Waals surface area (Å²) in [5.41, 5.74) is 7.45. The highest BCUT2D eigenvalue weighted by Crippen LogP contribution is 2.29. The van der Waals surface area contributed by atoms with Crippen LogP contribution in [0, 0.1) is 0 Å². The Hall–Kier alpha value is -2.87. The van der Waals surface area contributed by atoms with Crippen molar-refractivity contribution >= 4 is 5.71 Å². The lowest BCUT2D eigenvalue weighted by Gasteiger charge is -2.24. The molecule has 28 heavy (non-hydrogen) atoms. The predicted octanol–water partition coefficient (Wildman–Crippen LogP) is 5.21. The second kappa shape index (κ2) is 8.02. The molecular weight excluding hydrogens is 342 g/mol. The fourth-order valence-electron chi connectivity index (χ4n) is 4.06. The molecule has 2 nitrogen and oxygen atoms in total. The van der Waals surface area contributed by atoms with Gasteiger partial charge < -0.3 is 5.11 Å². The van der Waals surface area contributed by atoms with Crippen LogP contribution in [0.5, 0.6) is 5.75 Å². The lowest BCUT2D eigenvalue weighted by atomic mass is 9.90. The van der Waals surface area contributed by atoms with E-state index in [1.165, 1.54) is 16.7 Å². The molecule has 0 aliphatic heterocycles. The minimum absolute atomic E-state index is 0.0304. The number of hydrogen-bond acceptors (Lipinski definition) is 2. The first-order valence-corrected chi connectivity index (χ1v) is 10.1. The van der Waals surface area contributed by atoms with Crippen molar-refractivity contribution in [2.45, 2.75) is 45.6 Å². The zero-order chi connectivity index (χ0) is 19.5. The molecular formula is C26H26NO-. The molecule has 0 unspecified atom stereocenters. The first kappa shape index (κ1) is 18.5. The van der Waals surface area contributed by atoms with Crippen molar-refractivity contribution < 1.29 is 5.11 Å². The van der Waals surface area contributed by atoms with Gasteiger partial charge in [0.1, 0.15) is 0 Å². The summed E-state index contributed by atoms with van der Waals surface area (Å²) in [4.78, 5) is 4.91. The monoisotopic (exact) mass is 368 g/mol. The third kappa shape index (κ3) is 3.87. The van der Waals surface area contributed by atoms with Gasteiger partial charge in [-0.1, -0.05) is 78.0 Å². The first-order chi connectivity index (χ1) is 13.6. The van der Waals surface area contributed by atoms with Crippen molar-refractivity contribution in [3.05, 3.63) is 100 Å². The van der Waals surface area contributed by atoms with E-state index in [9.17, 15) is 5.11 Å². The van der Waals surface area contributed by atoms with Gasteiger partial charge in [-0.2, -0.15) is 0 Å². The first-order valence-electron chi connectivity index (χ1n) is 10.1. The topological polar surface area (TPSA) is 35.4 Å². The number of aryl methyl sites for hydroxylation is 4.